The molecule has 2 unspecified atom stereocenters. The van der Waals surface area contributed by atoms with E-state index in [1.165, 1.54) is 0 Å². The van der Waals surface area contributed by atoms with Gasteiger partial charge in [0.05, 0.1) is 11.0 Å². The molecule has 6 heteroatoms. The Balaban J connectivity index is 2.15. The van der Waals surface area contributed by atoms with E-state index in [-0.39, 0.29) is 22.8 Å². The molecule has 0 amide bonds. The number of anilines is 1. The zero-order chi connectivity index (χ0) is 13.1. The lowest BCUT2D eigenvalue weighted by Crippen LogP contribution is -2.32. The summed E-state index contributed by atoms with van der Waals surface area (Å²) >= 11 is 2.08. The van der Waals surface area contributed by atoms with Gasteiger partial charge in [-0.15, -0.1) is 0 Å². The Bertz CT molecular complexity index is 453. The van der Waals surface area contributed by atoms with Crippen molar-refractivity contribution in [3.63, 3.8) is 0 Å². The van der Waals surface area contributed by atoms with Crippen molar-refractivity contribution in [3.05, 3.63) is 31.9 Å². The molecule has 2 atom stereocenters. The molecule has 2 rings (SSSR count). The molecule has 1 aromatic rings. The minimum Gasteiger partial charge on any atom is -0.378 e. The van der Waals surface area contributed by atoms with Gasteiger partial charge in [-0.25, -0.2) is 0 Å². The minimum atomic E-state index is -0.340. The predicted molar refractivity (Wildman–Crippen MR) is 77.9 cm³/mol. The zero-order valence-electron chi connectivity index (χ0n) is 10.1. The Hall–Kier alpha value is -0.890. The van der Waals surface area contributed by atoms with Gasteiger partial charge >= 0.3 is 0 Å². The summed E-state index contributed by atoms with van der Waals surface area (Å²) < 4.78 is 6.33. The summed E-state index contributed by atoms with van der Waals surface area (Å²) in [7, 11) is 0. The quantitative estimate of drug-likeness (QED) is 0.510. The predicted octanol–water partition coefficient (Wildman–Crippen LogP) is 3.18. The van der Waals surface area contributed by atoms with E-state index in [9.17, 15) is 10.1 Å². The first-order chi connectivity index (χ1) is 8.56. The number of nitrogens with zero attached hydrogens (tertiary/aromatic N) is 1. The van der Waals surface area contributed by atoms with Gasteiger partial charge < -0.3 is 10.1 Å². The molecule has 0 aliphatic carbocycles. The first-order valence-corrected chi connectivity index (χ1v) is 6.96. The SMILES string of the molecule is CC1CC(Nc2ccc(I)cc2[N+](=O)[O-])CCO1. The van der Waals surface area contributed by atoms with Crippen LogP contribution in [-0.4, -0.2) is 23.7 Å². The lowest BCUT2D eigenvalue weighted by Gasteiger charge is -2.28. The van der Waals surface area contributed by atoms with Crippen molar-refractivity contribution in [2.45, 2.75) is 31.9 Å². The Kier molecular flexibility index (Phi) is 4.39. The van der Waals surface area contributed by atoms with Crippen LogP contribution >= 0.6 is 22.6 Å². The molecule has 1 aliphatic rings. The number of halogens is 1. The van der Waals surface area contributed by atoms with Gasteiger partial charge in [0.2, 0.25) is 0 Å². The van der Waals surface area contributed by atoms with Crippen LogP contribution in [0.2, 0.25) is 0 Å². The summed E-state index contributed by atoms with van der Waals surface area (Å²) in [5.74, 6) is 0. The van der Waals surface area contributed by atoms with Crippen molar-refractivity contribution in [1.82, 2.24) is 0 Å². The summed E-state index contributed by atoms with van der Waals surface area (Å²) in [6, 6.07) is 5.48. The highest BCUT2D eigenvalue weighted by Crippen LogP contribution is 2.28. The second kappa shape index (κ2) is 5.83. The number of hydrogen-bond acceptors (Lipinski definition) is 4. The van der Waals surface area contributed by atoms with E-state index in [2.05, 4.69) is 27.9 Å². The van der Waals surface area contributed by atoms with Gasteiger partial charge in [-0.3, -0.25) is 10.1 Å². The Morgan fingerprint density at radius 3 is 3.00 bits per heavy atom. The van der Waals surface area contributed by atoms with Crippen LogP contribution in [0.4, 0.5) is 11.4 Å². The molecule has 1 aromatic carbocycles. The van der Waals surface area contributed by atoms with E-state index in [4.69, 9.17) is 4.74 Å². The summed E-state index contributed by atoms with van der Waals surface area (Å²) in [5.41, 5.74) is 0.737. The van der Waals surface area contributed by atoms with Gasteiger partial charge in [-0.05, 0) is 54.5 Å². The average molecular weight is 362 g/mol. The molecule has 0 spiro atoms. The Labute approximate surface area is 119 Å². The van der Waals surface area contributed by atoms with Crippen LogP contribution in [0.25, 0.3) is 0 Å². The third-order valence-corrected chi connectivity index (χ3v) is 3.67. The highest BCUT2D eigenvalue weighted by Gasteiger charge is 2.22. The van der Waals surface area contributed by atoms with Crippen LogP contribution in [0.3, 0.4) is 0 Å². The lowest BCUT2D eigenvalue weighted by atomic mass is 10.0. The van der Waals surface area contributed by atoms with Crippen molar-refractivity contribution in [2.75, 3.05) is 11.9 Å². The van der Waals surface area contributed by atoms with Gasteiger partial charge in [0.15, 0.2) is 0 Å². The Morgan fingerprint density at radius 2 is 2.33 bits per heavy atom. The first-order valence-electron chi connectivity index (χ1n) is 5.88. The third-order valence-electron chi connectivity index (χ3n) is 3.00. The number of ether oxygens (including phenoxy) is 1. The molecule has 18 heavy (non-hydrogen) atoms. The number of nitrogens with one attached hydrogen (secondary N) is 1. The van der Waals surface area contributed by atoms with E-state index >= 15 is 0 Å². The van der Waals surface area contributed by atoms with Crippen LogP contribution in [-0.2, 0) is 4.74 Å². The fraction of sp³-hybridized carbons (Fsp3) is 0.500. The number of benzene rings is 1. The van der Waals surface area contributed by atoms with Crippen LogP contribution in [0.5, 0.6) is 0 Å². The van der Waals surface area contributed by atoms with Gasteiger partial charge in [0, 0.05) is 22.3 Å². The fourth-order valence-electron chi connectivity index (χ4n) is 2.13. The van der Waals surface area contributed by atoms with Crippen LogP contribution in [0.15, 0.2) is 18.2 Å². The van der Waals surface area contributed by atoms with Gasteiger partial charge in [0.1, 0.15) is 5.69 Å². The third kappa shape index (κ3) is 3.32. The van der Waals surface area contributed by atoms with Crippen molar-refractivity contribution in [2.24, 2.45) is 0 Å². The van der Waals surface area contributed by atoms with Crippen LogP contribution < -0.4 is 5.32 Å². The van der Waals surface area contributed by atoms with E-state index in [1.54, 1.807) is 12.1 Å². The number of nitro benzene ring substituents is 1. The van der Waals surface area contributed by atoms with Gasteiger partial charge in [-0.2, -0.15) is 0 Å². The largest absolute Gasteiger partial charge is 0.378 e. The summed E-state index contributed by atoms with van der Waals surface area (Å²) in [4.78, 5) is 10.7. The molecular formula is C12H15IN2O3. The standard InChI is InChI=1S/C12H15IN2O3/c1-8-6-10(4-5-18-8)14-11-3-2-9(13)7-12(11)15(16)17/h2-3,7-8,10,14H,4-6H2,1H3. The normalized spacial score (nSPS) is 23.7. The molecule has 0 aromatic heterocycles. The molecule has 98 valence electrons. The van der Waals surface area contributed by atoms with Crippen molar-refractivity contribution in [1.29, 1.82) is 0 Å². The second-order valence-electron chi connectivity index (χ2n) is 4.47. The molecule has 0 bridgehead atoms. The number of nitro groups is 1. The molecular weight excluding hydrogens is 347 g/mol. The number of rotatable bonds is 3. The Morgan fingerprint density at radius 1 is 1.56 bits per heavy atom. The molecule has 0 radical (unpaired) electrons. The van der Waals surface area contributed by atoms with E-state index in [0.29, 0.717) is 12.3 Å². The van der Waals surface area contributed by atoms with Gasteiger partial charge in [-0.1, -0.05) is 0 Å². The summed E-state index contributed by atoms with van der Waals surface area (Å²) in [6.45, 7) is 2.73. The molecule has 1 aliphatic heterocycles. The van der Waals surface area contributed by atoms with Crippen molar-refractivity contribution >= 4 is 34.0 Å². The maximum Gasteiger partial charge on any atom is 0.293 e. The highest BCUT2D eigenvalue weighted by molar-refractivity contribution is 14.1. The minimum absolute atomic E-state index is 0.140. The van der Waals surface area contributed by atoms with Crippen LogP contribution in [0, 0.1) is 13.7 Å². The van der Waals surface area contributed by atoms with E-state index in [0.717, 1.165) is 16.4 Å². The number of hydrogen-bond donors (Lipinski definition) is 1. The summed E-state index contributed by atoms with van der Waals surface area (Å²) in [5, 5.41) is 14.3. The maximum atomic E-state index is 11.0. The average Bonchev–Trinajstić information content (AvgIpc) is 2.31. The molecule has 1 saturated heterocycles. The fourth-order valence-corrected chi connectivity index (χ4v) is 2.60. The molecule has 1 heterocycles. The maximum absolute atomic E-state index is 11.0. The second-order valence-corrected chi connectivity index (χ2v) is 5.71. The van der Waals surface area contributed by atoms with Crippen LogP contribution in [0.1, 0.15) is 19.8 Å². The van der Waals surface area contributed by atoms with E-state index in [1.807, 2.05) is 13.0 Å². The molecule has 1 N–H and O–H groups in total. The molecule has 0 saturated carbocycles. The topological polar surface area (TPSA) is 64.4 Å². The highest BCUT2D eigenvalue weighted by atomic mass is 127. The van der Waals surface area contributed by atoms with Gasteiger partial charge in [0.25, 0.3) is 5.69 Å². The monoisotopic (exact) mass is 362 g/mol. The molecule has 5 nitrogen and oxygen atoms in total. The van der Waals surface area contributed by atoms with E-state index < -0.39 is 0 Å². The smallest absolute Gasteiger partial charge is 0.293 e. The molecule has 1 fully saturated rings. The lowest BCUT2D eigenvalue weighted by molar-refractivity contribution is -0.384. The van der Waals surface area contributed by atoms with Crippen molar-refractivity contribution in [3.8, 4) is 0 Å². The van der Waals surface area contributed by atoms with Crippen molar-refractivity contribution < 1.29 is 9.66 Å². The first kappa shape index (κ1) is 13.5. The zero-order valence-corrected chi connectivity index (χ0v) is 12.2. The summed E-state index contributed by atoms with van der Waals surface area (Å²) in [6.07, 6.45) is 1.97.